The van der Waals surface area contributed by atoms with Crippen LogP contribution in [0.4, 0.5) is 0 Å². The van der Waals surface area contributed by atoms with Gasteiger partial charge in [-0.2, -0.15) is 5.10 Å². The molecule has 0 unspecified atom stereocenters. The van der Waals surface area contributed by atoms with Crippen LogP contribution in [0.5, 0.6) is 0 Å². The van der Waals surface area contributed by atoms with Crippen LogP contribution in [0, 0.1) is 0 Å². The molecule has 0 radical (unpaired) electrons. The maximum absolute atomic E-state index is 4.53. The Balaban J connectivity index is 1.77. The van der Waals surface area contributed by atoms with Crippen LogP contribution in [0.2, 0.25) is 0 Å². The van der Waals surface area contributed by atoms with Gasteiger partial charge in [-0.25, -0.2) is 14.6 Å². The summed E-state index contributed by atoms with van der Waals surface area (Å²) in [7, 11) is 0. The van der Waals surface area contributed by atoms with Crippen molar-refractivity contribution in [3.63, 3.8) is 0 Å². The van der Waals surface area contributed by atoms with Gasteiger partial charge >= 0.3 is 0 Å². The van der Waals surface area contributed by atoms with E-state index in [-0.39, 0.29) is 0 Å². The van der Waals surface area contributed by atoms with Gasteiger partial charge in [0.05, 0.1) is 23.8 Å². The second-order valence-corrected chi connectivity index (χ2v) is 4.61. The third kappa shape index (κ3) is 2.14. The molecule has 4 aromatic rings. The van der Waals surface area contributed by atoms with Gasteiger partial charge in [-0.05, 0) is 24.3 Å². The highest BCUT2D eigenvalue weighted by Gasteiger charge is 2.06. The molecule has 21 heavy (non-hydrogen) atoms. The topological polar surface area (TPSA) is 56.5 Å². The van der Waals surface area contributed by atoms with E-state index in [2.05, 4.69) is 20.1 Å². The van der Waals surface area contributed by atoms with Gasteiger partial charge in [-0.15, -0.1) is 0 Å². The van der Waals surface area contributed by atoms with Gasteiger partial charge in [-0.1, -0.05) is 18.2 Å². The number of rotatable bonds is 2. The Morgan fingerprint density at radius 3 is 2.67 bits per heavy atom. The minimum Gasteiger partial charge on any atom is -0.251 e. The van der Waals surface area contributed by atoms with Gasteiger partial charge in [0.25, 0.3) is 0 Å². The molecule has 0 amide bonds. The van der Waals surface area contributed by atoms with Crippen molar-refractivity contribution in [3.05, 3.63) is 67.3 Å². The summed E-state index contributed by atoms with van der Waals surface area (Å²) in [6.07, 6.45) is 7.18. The van der Waals surface area contributed by atoms with Crippen molar-refractivity contribution in [1.82, 2.24) is 24.7 Å². The SMILES string of the molecule is c1ccc(-n2cc(-c3cnc4cccnc4n3)cn2)cc1. The van der Waals surface area contributed by atoms with E-state index < -0.39 is 0 Å². The molecule has 5 heteroatoms. The summed E-state index contributed by atoms with van der Waals surface area (Å²) < 4.78 is 1.82. The average molecular weight is 273 g/mol. The molecule has 0 aliphatic carbocycles. The highest BCUT2D eigenvalue weighted by atomic mass is 15.3. The lowest BCUT2D eigenvalue weighted by Crippen LogP contribution is -1.93. The Morgan fingerprint density at radius 2 is 1.76 bits per heavy atom. The first-order valence-corrected chi connectivity index (χ1v) is 6.58. The quantitative estimate of drug-likeness (QED) is 0.563. The highest BCUT2D eigenvalue weighted by Crippen LogP contribution is 2.19. The van der Waals surface area contributed by atoms with Gasteiger partial charge in [0.2, 0.25) is 0 Å². The van der Waals surface area contributed by atoms with Crippen LogP contribution in [0.1, 0.15) is 0 Å². The van der Waals surface area contributed by atoms with Gasteiger partial charge in [0.15, 0.2) is 5.65 Å². The number of nitrogens with zero attached hydrogens (tertiary/aromatic N) is 5. The Kier molecular flexibility index (Phi) is 2.67. The van der Waals surface area contributed by atoms with Crippen molar-refractivity contribution in [1.29, 1.82) is 0 Å². The third-order valence-electron chi connectivity index (χ3n) is 3.22. The first kappa shape index (κ1) is 11.7. The fraction of sp³-hybridized carbons (Fsp3) is 0. The molecule has 0 N–H and O–H groups in total. The molecule has 0 spiro atoms. The van der Waals surface area contributed by atoms with Gasteiger partial charge in [0.1, 0.15) is 5.52 Å². The van der Waals surface area contributed by atoms with Crippen LogP contribution in [0.3, 0.4) is 0 Å². The predicted molar refractivity (Wildman–Crippen MR) is 79.9 cm³/mol. The molecular weight excluding hydrogens is 262 g/mol. The molecule has 3 aromatic heterocycles. The summed E-state index contributed by atoms with van der Waals surface area (Å²) in [5.74, 6) is 0. The molecule has 3 heterocycles. The Labute approximate surface area is 120 Å². The molecule has 1 aromatic carbocycles. The van der Waals surface area contributed by atoms with E-state index in [1.807, 2.05) is 53.3 Å². The summed E-state index contributed by atoms with van der Waals surface area (Å²) in [5, 5.41) is 4.37. The smallest absolute Gasteiger partial charge is 0.178 e. The van der Waals surface area contributed by atoms with Gasteiger partial charge in [-0.3, -0.25) is 4.98 Å². The van der Waals surface area contributed by atoms with E-state index in [4.69, 9.17) is 0 Å². The fourth-order valence-corrected chi connectivity index (χ4v) is 2.17. The Bertz CT molecular complexity index is 899. The molecule has 5 nitrogen and oxygen atoms in total. The van der Waals surface area contributed by atoms with E-state index in [1.165, 1.54) is 0 Å². The number of hydrogen-bond acceptors (Lipinski definition) is 4. The van der Waals surface area contributed by atoms with Crippen LogP contribution in [0.15, 0.2) is 67.3 Å². The lowest BCUT2D eigenvalue weighted by atomic mass is 10.2. The number of aromatic nitrogens is 5. The fourth-order valence-electron chi connectivity index (χ4n) is 2.17. The Morgan fingerprint density at radius 1 is 0.857 bits per heavy atom. The van der Waals surface area contributed by atoms with Crippen LogP contribution in [-0.4, -0.2) is 24.7 Å². The van der Waals surface area contributed by atoms with Crippen molar-refractivity contribution >= 4 is 11.2 Å². The first-order valence-electron chi connectivity index (χ1n) is 6.58. The zero-order chi connectivity index (χ0) is 14.1. The van der Waals surface area contributed by atoms with Crippen molar-refractivity contribution in [3.8, 4) is 16.9 Å². The normalized spacial score (nSPS) is 10.9. The molecular formula is C16H11N5. The molecule has 0 fully saturated rings. The van der Waals surface area contributed by atoms with Gasteiger partial charge in [0, 0.05) is 18.0 Å². The number of hydrogen-bond donors (Lipinski definition) is 0. The van der Waals surface area contributed by atoms with E-state index in [1.54, 1.807) is 18.6 Å². The predicted octanol–water partition coefficient (Wildman–Crippen LogP) is 2.88. The summed E-state index contributed by atoms with van der Waals surface area (Å²) in [6, 6.07) is 13.7. The summed E-state index contributed by atoms with van der Waals surface area (Å²) >= 11 is 0. The van der Waals surface area contributed by atoms with Crippen molar-refractivity contribution in [2.75, 3.05) is 0 Å². The van der Waals surface area contributed by atoms with E-state index in [0.717, 1.165) is 22.5 Å². The summed E-state index contributed by atoms with van der Waals surface area (Å²) in [4.78, 5) is 13.1. The minimum absolute atomic E-state index is 0.641. The van der Waals surface area contributed by atoms with Crippen molar-refractivity contribution in [2.45, 2.75) is 0 Å². The second kappa shape index (κ2) is 4.79. The third-order valence-corrected chi connectivity index (χ3v) is 3.22. The average Bonchev–Trinajstić information content (AvgIpc) is 3.05. The summed E-state index contributed by atoms with van der Waals surface area (Å²) in [6.45, 7) is 0. The maximum atomic E-state index is 4.53. The van der Waals surface area contributed by atoms with E-state index in [0.29, 0.717) is 5.65 Å². The van der Waals surface area contributed by atoms with Crippen LogP contribution >= 0.6 is 0 Å². The minimum atomic E-state index is 0.641. The first-order chi connectivity index (χ1) is 10.4. The molecule has 0 aliphatic rings. The van der Waals surface area contributed by atoms with E-state index >= 15 is 0 Å². The van der Waals surface area contributed by atoms with Crippen molar-refractivity contribution < 1.29 is 0 Å². The lowest BCUT2D eigenvalue weighted by Gasteiger charge is -2.00. The number of pyridine rings is 1. The molecule has 0 saturated carbocycles. The monoisotopic (exact) mass is 273 g/mol. The molecule has 0 aliphatic heterocycles. The molecule has 100 valence electrons. The highest BCUT2D eigenvalue weighted by molar-refractivity contribution is 5.72. The maximum Gasteiger partial charge on any atom is 0.178 e. The molecule has 0 bridgehead atoms. The lowest BCUT2D eigenvalue weighted by molar-refractivity contribution is 0.880. The zero-order valence-corrected chi connectivity index (χ0v) is 11.1. The molecule has 0 saturated heterocycles. The van der Waals surface area contributed by atoms with Crippen LogP contribution in [-0.2, 0) is 0 Å². The molecule has 4 rings (SSSR count). The molecule has 0 atom stereocenters. The number of benzene rings is 1. The zero-order valence-electron chi connectivity index (χ0n) is 11.1. The second-order valence-electron chi connectivity index (χ2n) is 4.61. The van der Waals surface area contributed by atoms with Crippen LogP contribution < -0.4 is 0 Å². The Hall–Kier alpha value is -3.08. The number of fused-ring (bicyclic) bond motifs is 1. The standard InChI is InChI=1S/C16H11N5/c1-2-5-13(6-3-1)21-11-12(9-19-21)15-10-18-14-7-4-8-17-16(14)20-15/h1-11H. The van der Waals surface area contributed by atoms with E-state index in [9.17, 15) is 0 Å². The van der Waals surface area contributed by atoms with Gasteiger partial charge < -0.3 is 0 Å². The largest absolute Gasteiger partial charge is 0.251 e. The van der Waals surface area contributed by atoms with Crippen LogP contribution in [0.25, 0.3) is 28.1 Å². The van der Waals surface area contributed by atoms with Crippen molar-refractivity contribution in [2.24, 2.45) is 0 Å². The number of para-hydroxylation sites is 1. The summed E-state index contributed by atoms with van der Waals surface area (Å²) in [5.41, 5.74) is 4.12.